The molecule has 1 aromatic rings. The second kappa shape index (κ2) is 4.76. The number of nitrogens with zero attached hydrogens (tertiary/aromatic N) is 2. The molecule has 88 valence electrons. The fraction of sp³-hybridized carbons (Fsp3) is 0.636. The van der Waals surface area contributed by atoms with Crippen molar-refractivity contribution in [2.75, 3.05) is 27.2 Å². The van der Waals surface area contributed by atoms with Crippen molar-refractivity contribution >= 4 is 0 Å². The molecule has 2 rings (SSSR count). The topological polar surface area (TPSA) is 61.0 Å². The summed E-state index contributed by atoms with van der Waals surface area (Å²) in [4.78, 5) is 21.2. The molecule has 0 radical (unpaired) electrons. The molecular weight excluding hydrogens is 204 g/mol. The second-order valence-electron chi connectivity index (χ2n) is 4.42. The van der Waals surface area contributed by atoms with Crippen LogP contribution < -0.4 is 10.9 Å². The van der Waals surface area contributed by atoms with Gasteiger partial charge in [-0.1, -0.05) is 0 Å². The van der Waals surface area contributed by atoms with Crippen molar-refractivity contribution in [1.82, 2.24) is 20.2 Å². The van der Waals surface area contributed by atoms with Crippen molar-refractivity contribution in [2.45, 2.75) is 19.4 Å². The van der Waals surface area contributed by atoms with E-state index >= 15 is 0 Å². The first-order valence-corrected chi connectivity index (χ1v) is 5.63. The Hall–Kier alpha value is -1.20. The number of aromatic amines is 1. The van der Waals surface area contributed by atoms with Crippen LogP contribution in [0.1, 0.15) is 17.1 Å². The first-order valence-electron chi connectivity index (χ1n) is 5.63. The molecule has 2 heterocycles. The van der Waals surface area contributed by atoms with E-state index in [1.165, 1.54) is 0 Å². The molecule has 0 fully saturated rings. The van der Waals surface area contributed by atoms with Crippen LogP contribution in [0.2, 0.25) is 0 Å². The summed E-state index contributed by atoms with van der Waals surface area (Å²) in [5.41, 5.74) is 1.82. The van der Waals surface area contributed by atoms with Gasteiger partial charge in [-0.15, -0.1) is 0 Å². The number of hydrogen-bond acceptors (Lipinski definition) is 4. The minimum absolute atomic E-state index is 0.0419. The molecule has 1 aliphatic rings. The van der Waals surface area contributed by atoms with Crippen LogP contribution in [-0.2, 0) is 19.4 Å². The zero-order valence-corrected chi connectivity index (χ0v) is 9.84. The van der Waals surface area contributed by atoms with Gasteiger partial charge in [0.05, 0.1) is 5.69 Å². The fourth-order valence-electron chi connectivity index (χ4n) is 1.87. The zero-order valence-electron chi connectivity index (χ0n) is 9.84. The van der Waals surface area contributed by atoms with Crippen LogP contribution >= 0.6 is 0 Å². The summed E-state index contributed by atoms with van der Waals surface area (Å²) in [5, 5.41) is 3.23. The standard InChI is InChI=1S/C11H18N4O/c1-15(2)6-4-10-13-9-7-12-5-3-8(9)11(16)14-10/h12H,3-7H2,1-2H3,(H,13,14,16). The van der Waals surface area contributed by atoms with E-state index in [0.29, 0.717) is 6.54 Å². The van der Waals surface area contributed by atoms with Crippen molar-refractivity contribution in [3.05, 3.63) is 27.4 Å². The highest BCUT2D eigenvalue weighted by molar-refractivity contribution is 5.20. The zero-order chi connectivity index (χ0) is 11.5. The number of hydrogen-bond donors (Lipinski definition) is 2. The Kier molecular flexibility index (Phi) is 3.36. The van der Waals surface area contributed by atoms with Gasteiger partial charge in [-0.05, 0) is 27.1 Å². The molecule has 0 atom stereocenters. The highest BCUT2D eigenvalue weighted by Crippen LogP contribution is 2.06. The molecule has 0 aromatic carbocycles. The molecule has 5 heteroatoms. The average molecular weight is 222 g/mol. The van der Waals surface area contributed by atoms with Crippen molar-refractivity contribution in [3.8, 4) is 0 Å². The van der Waals surface area contributed by atoms with Crippen molar-refractivity contribution < 1.29 is 0 Å². The third-order valence-electron chi connectivity index (χ3n) is 2.79. The summed E-state index contributed by atoms with van der Waals surface area (Å²) in [6, 6.07) is 0. The molecule has 0 saturated heterocycles. The van der Waals surface area contributed by atoms with Gasteiger partial charge in [-0.3, -0.25) is 4.79 Å². The Morgan fingerprint density at radius 3 is 3.00 bits per heavy atom. The molecular formula is C11H18N4O. The Bertz CT molecular complexity index is 424. The SMILES string of the molecule is CN(C)CCc1nc2c(c(=O)[nH]1)CCNC2. The van der Waals surface area contributed by atoms with Gasteiger partial charge in [0, 0.05) is 25.1 Å². The number of fused-ring (bicyclic) bond motifs is 1. The van der Waals surface area contributed by atoms with E-state index in [-0.39, 0.29) is 5.56 Å². The maximum atomic E-state index is 11.8. The van der Waals surface area contributed by atoms with Crippen molar-refractivity contribution in [1.29, 1.82) is 0 Å². The van der Waals surface area contributed by atoms with Crippen molar-refractivity contribution in [2.24, 2.45) is 0 Å². The normalized spacial score (nSPS) is 15.2. The highest BCUT2D eigenvalue weighted by atomic mass is 16.1. The lowest BCUT2D eigenvalue weighted by atomic mass is 10.1. The van der Waals surface area contributed by atoms with Gasteiger partial charge in [0.2, 0.25) is 0 Å². The van der Waals surface area contributed by atoms with Crippen molar-refractivity contribution in [3.63, 3.8) is 0 Å². The predicted octanol–water partition coefficient (Wildman–Crippen LogP) is -0.480. The van der Waals surface area contributed by atoms with Crippen LogP contribution in [-0.4, -0.2) is 42.1 Å². The first kappa shape index (κ1) is 11.3. The Morgan fingerprint density at radius 1 is 1.44 bits per heavy atom. The maximum absolute atomic E-state index is 11.8. The summed E-state index contributed by atoms with van der Waals surface area (Å²) < 4.78 is 0. The molecule has 0 bridgehead atoms. The Morgan fingerprint density at radius 2 is 2.25 bits per heavy atom. The van der Waals surface area contributed by atoms with Crippen LogP contribution in [0.5, 0.6) is 0 Å². The molecule has 1 aliphatic heterocycles. The van der Waals surface area contributed by atoms with E-state index in [2.05, 4.69) is 20.2 Å². The monoisotopic (exact) mass is 222 g/mol. The summed E-state index contributed by atoms with van der Waals surface area (Å²) in [5.74, 6) is 0.793. The van der Waals surface area contributed by atoms with Crippen LogP contribution in [0, 0.1) is 0 Å². The number of aromatic nitrogens is 2. The minimum Gasteiger partial charge on any atom is -0.311 e. The lowest BCUT2D eigenvalue weighted by Gasteiger charge is -2.16. The van der Waals surface area contributed by atoms with Crippen LogP contribution in [0.4, 0.5) is 0 Å². The Labute approximate surface area is 94.9 Å². The molecule has 0 spiro atoms. The van der Waals surface area contributed by atoms with E-state index in [4.69, 9.17) is 0 Å². The molecule has 0 saturated carbocycles. The second-order valence-corrected chi connectivity index (χ2v) is 4.42. The van der Waals surface area contributed by atoms with Crippen LogP contribution in [0.3, 0.4) is 0 Å². The summed E-state index contributed by atoms with van der Waals surface area (Å²) >= 11 is 0. The summed E-state index contributed by atoms with van der Waals surface area (Å²) in [6.07, 6.45) is 1.57. The van der Waals surface area contributed by atoms with Gasteiger partial charge in [0.15, 0.2) is 0 Å². The van der Waals surface area contributed by atoms with Gasteiger partial charge in [-0.2, -0.15) is 0 Å². The molecule has 0 aliphatic carbocycles. The van der Waals surface area contributed by atoms with E-state index in [1.807, 2.05) is 14.1 Å². The van der Waals surface area contributed by atoms with E-state index in [1.54, 1.807) is 0 Å². The Balaban J connectivity index is 2.22. The molecule has 1 aromatic heterocycles. The minimum atomic E-state index is 0.0419. The van der Waals surface area contributed by atoms with Gasteiger partial charge in [0.1, 0.15) is 5.82 Å². The largest absolute Gasteiger partial charge is 0.311 e. The summed E-state index contributed by atoms with van der Waals surface area (Å²) in [7, 11) is 4.02. The summed E-state index contributed by atoms with van der Waals surface area (Å²) in [6.45, 7) is 2.48. The highest BCUT2D eigenvalue weighted by Gasteiger charge is 2.14. The number of nitrogens with one attached hydrogen (secondary N) is 2. The molecule has 5 nitrogen and oxygen atoms in total. The third-order valence-corrected chi connectivity index (χ3v) is 2.79. The van der Waals surface area contributed by atoms with Gasteiger partial charge < -0.3 is 15.2 Å². The number of rotatable bonds is 3. The molecule has 0 amide bonds. The number of H-pyrrole nitrogens is 1. The van der Waals surface area contributed by atoms with Gasteiger partial charge in [-0.25, -0.2) is 4.98 Å². The average Bonchev–Trinajstić information content (AvgIpc) is 2.26. The smallest absolute Gasteiger partial charge is 0.254 e. The molecule has 0 unspecified atom stereocenters. The van der Waals surface area contributed by atoms with E-state index in [9.17, 15) is 4.79 Å². The number of likely N-dealkylation sites (N-methyl/N-ethyl adjacent to an activating group) is 1. The van der Waals surface area contributed by atoms with E-state index < -0.39 is 0 Å². The first-order chi connectivity index (χ1) is 7.66. The quantitative estimate of drug-likeness (QED) is 0.725. The van der Waals surface area contributed by atoms with Gasteiger partial charge >= 0.3 is 0 Å². The molecule has 16 heavy (non-hydrogen) atoms. The third kappa shape index (κ3) is 2.48. The van der Waals surface area contributed by atoms with Crippen LogP contribution in [0.15, 0.2) is 4.79 Å². The van der Waals surface area contributed by atoms with Crippen LogP contribution in [0.25, 0.3) is 0 Å². The predicted molar refractivity (Wildman–Crippen MR) is 62.5 cm³/mol. The van der Waals surface area contributed by atoms with Gasteiger partial charge in [0.25, 0.3) is 5.56 Å². The lowest BCUT2D eigenvalue weighted by Crippen LogP contribution is -2.32. The molecule has 2 N–H and O–H groups in total. The maximum Gasteiger partial charge on any atom is 0.254 e. The lowest BCUT2D eigenvalue weighted by molar-refractivity contribution is 0.408. The van der Waals surface area contributed by atoms with E-state index in [0.717, 1.165) is 43.0 Å². The fourth-order valence-corrected chi connectivity index (χ4v) is 1.87.